The number of halogens is 3. The monoisotopic (exact) mass is 327 g/mol. The summed E-state index contributed by atoms with van der Waals surface area (Å²) in [5, 5.41) is 10.8. The molecular weight excluding hydrogens is 311 g/mol. The van der Waals surface area contributed by atoms with Crippen molar-refractivity contribution in [3.63, 3.8) is 0 Å². The molecule has 0 unspecified atom stereocenters. The lowest BCUT2D eigenvalue weighted by atomic mass is 9.73. The normalized spacial score (nSPS) is 16.0. The first-order chi connectivity index (χ1) is 10.6. The first-order valence-corrected chi connectivity index (χ1v) is 7.06. The van der Waals surface area contributed by atoms with Crippen LogP contribution in [0.5, 0.6) is 0 Å². The van der Waals surface area contributed by atoms with E-state index < -0.39 is 24.0 Å². The zero-order valence-electron chi connectivity index (χ0n) is 12.7. The van der Waals surface area contributed by atoms with Gasteiger partial charge in [0.25, 0.3) is 0 Å². The Morgan fingerprint density at radius 3 is 2.78 bits per heavy atom. The Labute approximate surface area is 129 Å². The summed E-state index contributed by atoms with van der Waals surface area (Å²) in [6, 6.07) is 0. The van der Waals surface area contributed by atoms with Crippen LogP contribution in [0.4, 0.5) is 13.2 Å². The number of hydrogen-bond acceptors (Lipinski definition) is 3. The molecule has 0 atom stereocenters. The summed E-state index contributed by atoms with van der Waals surface area (Å²) in [4.78, 5) is 11.3. The van der Waals surface area contributed by atoms with Gasteiger partial charge in [-0.2, -0.15) is 23.4 Å². The van der Waals surface area contributed by atoms with Crippen molar-refractivity contribution in [3.05, 3.63) is 23.1 Å². The van der Waals surface area contributed by atoms with Crippen molar-refractivity contribution in [3.8, 4) is 11.3 Å². The minimum absolute atomic E-state index is 0.191. The summed E-state index contributed by atoms with van der Waals surface area (Å²) < 4.78 is 39.6. The molecule has 0 saturated carbocycles. The van der Waals surface area contributed by atoms with Gasteiger partial charge < -0.3 is 5.73 Å². The van der Waals surface area contributed by atoms with Crippen molar-refractivity contribution in [1.82, 2.24) is 20.0 Å². The third-order valence-electron chi connectivity index (χ3n) is 3.96. The molecule has 9 heteroatoms. The Morgan fingerprint density at radius 2 is 2.17 bits per heavy atom. The zero-order chi connectivity index (χ0) is 17.0. The molecule has 1 aliphatic carbocycles. The largest absolute Gasteiger partial charge is 0.408 e. The van der Waals surface area contributed by atoms with Crippen LogP contribution < -0.4 is 5.73 Å². The van der Waals surface area contributed by atoms with E-state index in [0.29, 0.717) is 28.9 Å². The van der Waals surface area contributed by atoms with Gasteiger partial charge in [-0.25, -0.2) is 0 Å². The van der Waals surface area contributed by atoms with E-state index in [1.165, 1.54) is 6.20 Å². The predicted octanol–water partition coefficient (Wildman–Crippen LogP) is 1.70. The van der Waals surface area contributed by atoms with Crippen molar-refractivity contribution < 1.29 is 18.0 Å². The van der Waals surface area contributed by atoms with Crippen LogP contribution in [0.25, 0.3) is 11.3 Å². The molecule has 1 aliphatic rings. The molecule has 0 spiro atoms. The lowest BCUT2D eigenvalue weighted by molar-refractivity contribution is -0.142. The first kappa shape index (κ1) is 15.6. The van der Waals surface area contributed by atoms with E-state index in [1.807, 2.05) is 13.8 Å². The Morgan fingerprint density at radius 1 is 1.48 bits per heavy atom. The molecular formula is C14H16F3N5O. The highest BCUT2D eigenvalue weighted by molar-refractivity contribution is 5.79. The number of alkyl halides is 3. The van der Waals surface area contributed by atoms with Crippen LogP contribution in [-0.4, -0.2) is 32.1 Å². The van der Waals surface area contributed by atoms with Crippen molar-refractivity contribution in [2.45, 2.75) is 44.8 Å². The fraction of sp³-hybridized carbons (Fsp3) is 0.500. The quantitative estimate of drug-likeness (QED) is 0.899. The molecule has 124 valence electrons. The summed E-state index contributed by atoms with van der Waals surface area (Å²) in [6.07, 6.45) is -2.55. The molecule has 2 aromatic heterocycles. The Bertz CT molecular complexity index is 772. The molecule has 0 fully saturated rings. The molecule has 2 heterocycles. The summed E-state index contributed by atoms with van der Waals surface area (Å²) in [7, 11) is 0. The molecule has 2 aromatic rings. The van der Waals surface area contributed by atoms with E-state index in [1.54, 1.807) is 0 Å². The second-order valence-corrected chi connectivity index (χ2v) is 6.41. The van der Waals surface area contributed by atoms with Crippen LogP contribution in [0.1, 0.15) is 30.8 Å². The van der Waals surface area contributed by atoms with Gasteiger partial charge in [0.1, 0.15) is 6.54 Å². The Balaban J connectivity index is 2.25. The maximum atomic E-state index is 12.9. The number of fused-ring (bicyclic) bond motifs is 3. The minimum Gasteiger partial charge on any atom is -0.369 e. The number of nitrogens with one attached hydrogen (secondary N) is 1. The zero-order valence-corrected chi connectivity index (χ0v) is 12.7. The molecule has 3 rings (SSSR count). The van der Waals surface area contributed by atoms with E-state index >= 15 is 0 Å². The fourth-order valence-corrected chi connectivity index (χ4v) is 3.25. The number of hydrogen-bond donors (Lipinski definition) is 2. The van der Waals surface area contributed by atoms with E-state index in [9.17, 15) is 18.0 Å². The van der Waals surface area contributed by atoms with Crippen LogP contribution in [0.15, 0.2) is 6.20 Å². The van der Waals surface area contributed by atoms with Crippen molar-refractivity contribution in [2.75, 3.05) is 0 Å². The molecule has 3 N–H and O–H groups in total. The number of nitrogens with two attached hydrogens (primary N) is 1. The number of primary amides is 1. The fourth-order valence-electron chi connectivity index (χ4n) is 3.25. The molecule has 0 bridgehead atoms. The average molecular weight is 327 g/mol. The highest BCUT2D eigenvalue weighted by atomic mass is 19.4. The van der Waals surface area contributed by atoms with E-state index in [4.69, 9.17) is 5.73 Å². The minimum atomic E-state index is -4.42. The molecule has 0 aromatic carbocycles. The molecule has 0 radical (unpaired) electrons. The standard InChI is InChI=1S/C14H16F3N5O/c1-13(2)4-9-7(5-19-20-9)12-11(13)8(3-10(18)23)21-22(12)6-14(15,16)17/h5H,3-4,6H2,1-2H3,(H2,18,23)(H,19,20). The predicted molar refractivity (Wildman–Crippen MR) is 75.5 cm³/mol. The molecule has 0 saturated heterocycles. The summed E-state index contributed by atoms with van der Waals surface area (Å²) in [6.45, 7) is 2.58. The van der Waals surface area contributed by atoms with Gasteiger partial charge in [-0.3, -0.25) is 14.6 Å². The van der Waals surface area contributed by atoms with Crippen LogP contribution in [0, 0.1) is 0 Å². The van der Waals surface area contributed by atoms with Gasteiger partial charge in [-0.1, -0.05) is 13.8 Å². The lowest BCUT2D eigenvalue weighted by Crippen LogP contribution is -2.28. The van der Waals surface area contributed by atoms with Crippen LogP contribution in [0.2, 0.25) is 0 Å². The van der Waals surface area contributed by atoms with Gasteiger partial charge in [0, 0.05) is 16.8 Å². The van der Waals surface area contributed by atoms with Gasteiger partial charge in [0.05, 0.1) is 24.0 Å². The SMILES string of the molecule is CC1(C)Cc2[nH]ncc2-c2c1c(CC(N)=O)nn2CC(F)(F)F. The number of amides is 1. The van der Waals surface area contributed by atoms with Crippen molar-refractivity contribution in [1.29, 1.82) is 0 Å². The van der Waals surface area contributed by atoms with Gasteiger partial charge in [-0.15, -0.1) is 0 Å². The van der Waals surface area contributed by atoms with Gasteiger partial charge in [0.2, 0.25) is 5.91 Å². The number of aromatic amines is 1. The summed E-state index contributed by atoms with van der Waals surface area (Å²) in [5.41, 5.74) is 7.39. The summed E-state index contributed by atoms with van der Waals surface area (Å²) >= 11 is 0. The third-order valence-corrected chi connectivity index (χ3v) is 3.96. The maximum absolute atomic E-state index is 12.9. The lowest BCUT2D eigenvalue weighted by Gasteiger charge is -2.30. The second-order valence-electron chi connectivity index (χ2n) is 6.41. The average Bonchev–Trinajstić information content (AvgIpc) is 2.91. The topological polar surface area (TPSA) is 89.6 Å². The van der Waals surface area contributed by atoms with E-state index in [-0.39, 0.29) is 6.42 Å². The Kier molecular flexibility index (Phi) is 3.27. The smallest absolute Gasteiger partial charge is 0.369 e. The molecule has 1 amide bonds. The number of carbonyl (C=O) groups is 1. The Hall–Kier alpha value is -2.32. The van der Waals surface area contributed by atoms with Gasteiger partial charge in [0.15, 0.2) is 0 Å². The van der Waals surface area contributed by atoms with Crippen LogP contribution >= 0.6 is 0 Å². The summed E-state index contributed by atoms with van der Waals surface area (Å²) in [5.74, 6) is -0.627. The second kappa shape index (κ2) is 4.84. The van der Waals surface area contributed by atoms with Crippen LogP contribution in [-0.2, 0) is 29.6 Å². The number of H-pyrrole nitrogens is 1. The highest BCUT2D eigenvalue weighted by Gasteiger charge is 2.40. The van der Waals surface area contributed by atoms with E-state index in [2.05, 4.69) is 15.3 Å². The van der Waals surface area contributed by atoms with Gasteiger partial charge in [-0.05, 0) is 11.8 Å². The maximum Gasteiger partial charge on any atom is 0.408 e. The number of nitrogens with zero attached hydrogens (tertiary/aromatic N) is 3. The third kappa shape index (κ3) is 2.71. The molecule has 23 heavy (non-hydrogen) atoms. The number of aromatic nitrogens is 4. The highest BCUT2D eigenvalue weighted by Crippen LogP contribution is 2.44. The molecule has 0 aliphatic heterocycles. The number of rotatable bonds is 3. The molecule has 6 nitrogen and oxygen atoms in total. The first-order valence-electron chi connectivity index (χ1n) is 7.06. The van der Waals surface area contributed by atoms with Crippen LogP contribution in [0.3, 0.4) is 0 Å². The van der Waals surface area contributed by atoms with Crippen molar-refractivity contribution >= 4 is 5.91 Å². The van der Waals surface area contributed by atoms with Gasteiger partial charge >= 0.3 is 6.18 Å². The van der Waals surface area contributed by atoms with E-state index in [0.717, 1.165) is 10.4 Å². The van der Waals surface area contributed by atoms with Crippen molar-refractivity contribution in [2.24, 2.45) is 5.73 Å². The number of carbonyl (C=O) groups excluding carboxylic acids is 1.